The molecule has 0 aliphatic heterocycles. The number of alkyl halides is 3. The third-order valence-electron chi connectivity index (χ3n) is 6.02. The Balaban J connectivity index is 1.46. The number of H-pyrrole nitrogens is 1. The van der Waals surface area contributed by atoms with Gasteiger partial charge >= 0.3 is 6.36 Å². The van der Waals surface area contributed by atoms with Crippen LogP contribution in [-0.4, -0.2) is 49.1 Å². The van der Waals surface area contributed by atoms with Crippen molar-refractivity contribution in [3.05, 3.63) is 93.9 Å². The minimum Gasteiger partial charge on any atom is -0.406 e. The molecular formula is C27H23F3N8O4. The number of benzene rings is 2. The molecule has 216 valence electrons. The standard InChI is InChI=1S/C27H23F3N8O4/c1-15-32-22(36-35-15)12-5-16-3-6-17(7-4-16)33-26-31-13-20-23(39)21(25(40)37-41-2)14-38(24(20)34-26)18-8-10-19(11-9-18)42-27(28,29)30/h3-4,6-11,13-14H,5,12H2,1-2H3,(H,37,40)(H,31,33,34)(H,32,35,36). The number of hydrogen-bond donors (Lipinski definition) is 3. The summed E-state index contributed by atoms with van der Waals surface area (Å²) in [6, 6.07) is 12.4. The average molecular weight is 581 g/mol. The lowest BCUT2D eigenvalue weighted by Gasteiger charge is -2.15. The third kappa shape index (κ3) is 6.52. The molecule has 0 fully saturated rings. The fraction of sp³-hybridized carbons (Fsp3) is 0.185. The summed E-state index contributed by atoms with van der Waals surface area (Å²) < 4.78 is 43.2. The maximum absolute atomic E-state index is 13.1. The van der Waals surface area contributed by atoms with Gasteiger partial charge in [-0.1, -0.05) is 12.1 Å². The zero-order valence-electron chi connectivity index (χ0n) is 22.2. The lowest BCUT2D eigenvalue weighted by Crippen LogP contribution is -2.29. The van der Waals surface area contributed by atoms with Crippen molar-refractivity contribution in [2.45, 2.75) is 26.1 Å². The van der Waals surface area contributed by atoms with Crippen molar-refractivity contribution < 1.29 is 27.5 Å². The minimum absolute atomic E-state index is 0.00233. The molecule has 3 heterocycles. The molecule has 0 radical (unpaired) electrons. The molecule has 12 nitrogen and oxygen atoms in total. The molecule has 3 aromatic heterocycles. The normalized spacial score (nSPS) is 11.5. The number of pyridine rings is 1. The summed E-state index contributed by atoms with van der Waals surface area (Å²) in [7, 11) is 1.21. The Morgan fingerprint density at radius 3 is 2.43 bits per heavy atom. The number of halogens is 3. The highest BCUT2D eigenvalue weighted by Gasteiger charge is 2.31. The second-order valence-corrected chi connectivity index (χ2v) is 9.01. The Morgan fingerprint density at radius 1 is 1.05 bits per heavy atom. The monoisotopic (exact) mass is 580 g/mol. The topological polar surface area (TPSA) is 149 Å². The molecule has 15 heteroatoms. The van der Waals surface area contributed by atoms with Crippen molar-refractivity contribution in [3.63, 3.8) is 0 Å². The van der Waals surface area contributed by atoms with Gasteiger partial charge in [0.15, 0.2) is 11.5 Å². The number of rotatable bonds is 9. The smallest absolute Gasteiger partial charge is 0.406 e. The first-order chi connectivity index (χ1) is 20.1. The van der Waals surface area contributed by atoms with Crippen molar-refractivity contribution in [2.75, 3.05) is 12.4 Å². The van der Waals surface area contributed by atoms with Crippen LogP contribution in [0, 0.1) is 6.92 Å². The van der Waals surface area contributed by atoms with Crippen LogP contribution < -0.4 is 21.0 Å². The molecule has 2 aromatic carbocycles. The number of aromatic nitrogens is 6. The maximum atomic E-state index is 13.1. The molecule has 42 heavy (non-hydrogen) atoms. The van der Waals surface area contributed by atoms with E-state index in [0.717, 1.165) is 35.8 Å². The van der Waals surface area contributed by atoms with Gasteiger partial charge in [-0.3, -0.25) is 19.5 Å². The van der Waals surface area contributed by atoms with Crippen molar-refractivity contribution >= 4 is 28.6 Å². The zero-order chi connectivity index (χ0) is 29.9. The molecule has 5 aromatic rings. The van der Waals surface area contributed by atoms with Gasteiger partial charge in [-0.2, -0.15) is 10.1 Å². The quantitative estimate of drug-likeness (QED) is 0.221. The van der Waals surface area contributed by atoms with Crippen LogP contribution in [0.5, 0.6) is 5.75 Å². The van der Waals surface area contributed by atoms with Crippen molar-refractivity contribution in [1.29, 1.82) is 0 Å². The minimum atomic E-state index is -4.86. The SMILES string of the molecule is CONC(=O)c1cn(-c2ccc(OC(F)(F)F)cc2)c2nc(Nc3ccc(CCc4n[nH]c(C)n4)cc3)ncc2c1=O. The molecule has 0 aliphatic carbocycles. The van der Waals surface area contributed by atoms with E-state index < -0.39 is 23.4 Å². The van der Waals surface area contributed by atoms with E-state index >= 15 is 0 Å². The predicted octanol–water partition coefficient (Wildman–Crippen LogP) is 3.93. The second-order valence-electron chi connectivity index (χ2n) is 9.01. The summed E-state index contributed by atoms with van der Waals surface area (Å²) in [6.07, 6.45) is -0.960. The molecule has 0 saturated carbocycles. The number of carbonyl (C=O) groups excluding carboxylic acids is 1. The van der Waals surface area contributed by atoms with Crippen molar-refractivity contribution in [2.24, 2.45) is 0 Å². The molecule has 0 unspecified atom stereocenters. The summed E-state index contributed by atoms with van der Waals surface area (Å²) in [5.41, 5.74) is 3.28. The Kier molecular flexibility index (Phi) is 7.84. The van der Waals surface area contributed by atoms with Gasteiger partial charge in [-0.25, -0.2) is 15.4 Å². The number of ether oxygens (including phenoxy) is 1. The fourth-order valence-corrected chi connectivity index (χ4v) is 4.13. The zero-order valence-corrected chi connectivity index (χ0v) is 22.2. The Labute approximate surface area is 235 Å². The Bertz CT molecular complexity index is 1790. The number of aryl methyl sites for hydroxylation is 3. The van der Waals surface area contributed by atoms with Gasteiger partial charge in [0.1, 0.15) is 17.1 Å². The predicted molar refractivity (Wildman–Crippen MR) is 145 cm³/mol. The summed E-state index contributed by atoms with van der Waals surface area (Å²) in [6.45, 7) is 1.84. The molecule has 0 aliphatic rings. The molecule has 1 amide bonds. The fourth-order valence-electron chi connectivity index (χ4n) is 4.13. The molecular weight excluding hydrogens is 557 g/mol. The van der Waals surface area contributed by atoms with Gasteiger partial charge in [0, 0.05) is 30.2 Å². The van der Waals surface area contributed by atoms with Gasteiger partial charge in [0.2, 0.25) is 11.4 Å². The van der Waals surface area contributed by atoms with Crippen LogP contribution in [0.4, 0.5) is 24.8 Å². The van der Waals surface area contributed by atoms with E-state index in [-0.39, 0.29) is 22.5 Å². The first kappa shape index (κ1) is 28.2. The summed E-state index contributed by atoms with van der Waals surface area (Å²) >= 11 is 0. The molecule has 0 atom stereocenters. The van der Waals surface area contributed by atoms with Crippen LogP contribution in [0.15, 0.2) is 65.7 Å². The number of anilines is 2. The van der Waals surface area contributed by atoms with E-state index in [9.17, 15) is 22.8 Å². The maximum Gasteiger partial charge on any atom is 0.573 e. The highest BCUT2D eigenvalue weighted by atomic mass is 19.4. The number of aromatic amines is 1. The highest BCUT2D eigenvalue weighted by Crippen LogP contribution is 2.25. The van der Waals surface area contributed by atoms with E-state index in [1.807, 2.05) is 31.2 Å². The first-order valence-electron chi connectivity index (χ1n) is 12.5. The van der Waals surface area contributed by atoms with Gasteiger partial charge in [-0.15, -0.1) is 13.2 Å². The number of nitrogens with zero attached hydrogens (tertiary/aromatic N) is 5. The third-order valence-corrected chi connectivity index (χ3v) is 6.02. The van der Waals surface area contributed by atoms with Crippen LogP contribution in [0.25, 0.3) is 16.7 Å². The number of fused-ring (bicyclic) bond motifs is 1. The number of carbonyl (C=O) groups is 1. The van der Waals surface area contributed by atoms with E-state index in [0.29, 0.717) is 17.8 Å². The molecule has 0 bridgehead atoms. The lowest BCUT2D eigenvalue weighted by atomic mass is 10.1. The summed E-state index contributed by atoms with van der Waals surface area (Å²) in [5, 5.41) is 10.0. The molecule has 3 N–H and O–H groups in total. The van der Waals surface area contributed by atoms with Gasteiger partial charge in [0.25, 0.3) is 5.91 Å². The summed E-state index contributed by atoms with van der Waals surface area (Å²) in [4.78, 5) is 43.3. The van der Waals surface area contributed by atoms with E-state index in [2.05, 4.69) is 45.5 Å². The van der Waals surface area contributed by atoms with Gasteiger partial charge in [0.05, 0.1) is 12.5 Å². The van der Waals surface area contributed by atoms with E-state index in [1.54, 1.807) is 0 Å². The van der Waals surface area contributed by atoms with Crippen LogP contribution in [-0.2, 0) is 17.7 Å². The average Bonchev–Trinajstić information content (AvgIpc) is 3.37. The number of hydroxylamine groups is 1. The van der Waals surface area contributed by atoms with Crippen LogP contribution in [0.1, 0.15) is 27.6 Å². The number of nitrogens with one attached hydrogen (secondary N) is 3. The Morgan fingerprint density at radius 2 is 1.79 bits per heavy atom. The molecule has 0 saturated heterocycles. The van der Waals surface area contributed by atoms with Crippen LogP contribution in [0.3, 0.4) is 0 Å². The largest absolute Gasteiger partial charge is 0.573 e. The molecule has 0 spiro atoms. The van der Waals surface area contributed by atoms with Gasteiger partial charge in [-0.05, 0) is 55.3 Å². The summed E-state index contributed by atoms with van der Waals surface area (Å²) in [5.74, 6) is 0.370. The van der Waals surface area contributed by atoms with Crippen molar-refractivity contribution in [3.8, 4) is 11.4 Å². The highest BCUT2D eigenvalue weighted by molar-refractivity contribution is 5.96. The Hall–Kier alpha value is -5.31. The number of hydrogen-bond acceptors (Lipinski definition) is 9. The molecule has 5 rings (SSSR count). The van der Waals surface area contributed by atoms with E-state index in [4.69, 9.17) is 0 Å². The first-order valence-corrected chi connectivity index (χ1v) is 12.5. The number of amides is 1. The second kappa shape index (κ2) is 11.7. The van der Waals surface area contributed by atoms with Gasteiger partial charge < -0.3 is 14.6 Å². The van der Waals surface area contributed by atoms with E-state index in [1.165, 1.54) is 36.2 Å². The van der Waals surface area contributed by atoms with Crippen LogP contribution in [0.2, 0.25) is 0 Å². The van der Waals surface area contributed by atoms with Crippen molar-refractivity contribution in [1.82, 2.24) is 35.2 Å². The lowest BCUT2D eigenvalue weighted by molar-refractivity contribution is -0.274. The van der Waals surface area contributed by atoms with Crippen LogP contribution >= 0.6 is 0 Å².